The van der Waals surface area contributed by atoms with Gasteiger partial charge in [0.1, 0.15) is 0 Å². The molecular formula is C30H41Y3-. The fourth-order valence-electron chi connectivity index (χ4n) is 4.53. The number of aryl methyl sites for hydroxylation is 3. The predicted molar refractivity (Wildman–Crippen MR) is 138 cm³/mol. The van der Waals surface area contributed by atoms with E-state index in [2.05, 4.69) is 63.2 Å². The summed E-state index contributed by atoms with van der Waals surface area (Å²) >= 11 is 0. The van der Waals surface area contributed by atoms with Gasteiger partial charge in [0.15, 0.2) is 0 Å². The molecule has 0 spiro atoms. The van der Waals surface area contributed by atoms with Crippen molar-refractivity contribution in [1.82, 2.24) is 0 Å². The van der Waals surface area contributed by atoms with Crippen LogP contribution in [0.1, 0.15) is 80.5 Å². The second-order valence-corrected chi connectivity index (χ2v) is 7.23. The molecule has 0 heterocycles. The number of rotatable bonds is 0. The van der Waals surface area contributed by atoms with E-state index in [1.807, 2.05) is 41.5 Å². The third-order valence-corrected chi connectivity index (χ3v) is 5.67. The molecule has 0 nitrogen and oxygen atoms in total. The minimum atomic E-state index is 0. The summed E-state index contributed by atoms with van der Waals surface area (Å²) in [5, 5.41) is 0. The Bertz CT molecular complexity index is 1000. The molecule has 0 aromatic heterocycles. The second-order valence-electron chi connectivity index (χ2n) is 7.23. The van der Waals surface area contributed by atoms with Gasteiger partial charge >= 0.3 is 0 Å². The van der Waals surface area contributed by atoms with E-state index in [1.54, 1.807) is 0 Å². The van der Waals surface area contributed by atoms with E-state index in [-0.39, 0.29) is 106 Å². The Hall–Kier alpha value is 0.972. The smallest absolute Gasteiger partial charge is 0 e. The van der Waals surface area contributed by atoms with Gasteiger partial charge in [0, 0.05) is 98.1 Å². The molecule has 0 unspecified atom stereocenters. The standard InChI is InChI=1S/C23H20.3C2H6.CH3.3Y/c1-13-7-15(3)20-11-17-9-16-10-19-14(2)5-4-6-18(19)21(16)12-22(17)23(20)8-13;3*1-2;;;;/h4-9,12H,10-11H2,1-3H3;3*1-2H3;1H3;;;/q;;;;-1;;;. The molecule has 2 aliphatic rings. The molecule has 3 heteroatoms. The number of fused-ring (bicyclic) bond motifs is 6. The van der Waals surface area contributed by atoms with E-state index in [1.165, 1.54) is 61.2 Å². The quantitative estimate of drug-likeness (QED) is 0.144. The van der Waals surface area contributed by atoms with Crippen LogP contribution >= 0.6 is 0 Å². The van der Waals surface area contributed by atoms with Crippen molar-refractivity contribution in [3.8, 4) is 22.3 Å². The van der Waals surface area contributed by atoms with Crippen LogP contribution in [0.25, 0.3) is 22.3 Å². The fourth-order valence-corrected chi connectivity index (χ4v) is 4.53. The van der Waals surface area contributed by atoms with Crippen molar-refractivity contribution in [3.63, 3.8) is 0 Å². The van der Waals surface area contributed by atoms with Crippen molar-refractivity contribution in [2.75, 3.05) is 0 Å². The Morgan fingerprint density at radius 2 is 1.00 bits per heavy atom. The van der Waals surface area contributed by atoms with Crippen molar-refractivity contribution in [1.29, 1.82) is 0 Å². The predicted octanol–water partition coefficient (Wildman–Crippen LogP) is 9.28. The molecule has 3 aromatic rings. The Morgan fingerprint density at radius 1 is 0.515 bits per heavy atom. The van der Waals surface area contributed by atoms with Gasteiger partial charge in [0.25, 0.3) is 0 Å². The van der Waals surface area contributed by atoms with Crippen LogP contribution in [-0.4, -0.2) is 0 Å². The fraction of sp³-hybridized carbons (Fsp3) is 0.367. The van der Waals surface area contributed by atoms with Gasteiger partial charge in [-0.2, -0.15) is 0 Å². The first kappa shape index (κ1) is 38.5. The van der Waals surface area contributed by atoms with Crippen molar-refractivity contribution in [3.05, 3.63) is 88.8 Å². The zero-order chi connectivity index (χ0) is 21.7. The summed E-state index contributed by atoms with van der Waals surface area (Å²) in [7, 11) is 0. The van der Waals surface area contributed by atoms with Gasteiger partial charge < -0.3 is 7.43 Å². The van der Waals surface area contributed by atoms with Crippen LogP contribution in [0, 0.1) is 28.2 Å². The molecule has 0 atom stereocenters. The summed E-state index contributed by atoms with van der Waals surface area (Å²) in [6, 6.07) is 16.3. The second kappa shape index (κ2) is 18.3. The Balaban J connectivity index is -0.000000839. The molecule has 0 saturated heterocycles. The average molecular weight is 668 g/mol. The van der Waals surface area contributed by atoms with Crippen LogP contribution in [0.15, 0.2) is 42.5 Å². The van der Waals surface area contributed by atoms with E-state index >= 15 is 0 Å². The summed E-state index contributed by atoms with van der Waals surface area (Å²) in [4.78, 5) is 0. The molecule has 0 bridgehead atoms. The molecule has 33 heavy (non-hydrogen) atoms. The monoisotopic (exact) mass is 668 g/mol. The summed E-state index contributed by atoms with van der Waals surface area (Å²) in [6.45, 7) is 18.7. The molecule has 5 rings (SSSR count). The third kappa shape index (κ3) is 7.98. The van der Waals surface area contributed by atoms with Crippen LogP contribution in [-0.2, 0) is 111 Å². The van der Waals surface area contributed by atoms with E-state index in [0.717, 1.165) is 12.8 Å². The zero-order valence-corrected chi connectivity index (χ0v) is 31.2. The van der Waals surface area contributed by atoms with Gasteiger partial charge in [-0.3, -0.25) is 0 Å². The number of hydrogen-bond acceptors (Lipinski definition) is 0. The maximum Gasteiger partial charge on any atom is 0 e. The molecule has 0 N–H and O–H groups in total. The maximum absolute atomic E-state index is 2.47. The van der Waals surface area contributed by atoms with Gasteiger partial charge in [-0.25, -0.2) is 0 Å². The minimum absolute atomic E-state index is 0. The first-order valence-electron chi connectivity index (χ1n) is 11.5. The first-order chi connectivity index (χ1) is 14.1. The van der Waals surface area contributed by atoms with Crippen molar-refractivity contribution in [2.24, 2.45) is 0 Å². The first-order valence-corrected chi connectivity index (χ1v) is 11.5. The number of hydrogen-bond donors (Lipinski definition) is 0. The van der Waals surface area contributed by atoms with Gasteiger partial charge in [0.2, 0.25) is 0 Å². The average Bonchev–Trinajstić information content (AvgIpc) is 3.30. The van der Waals surface area contributed by atoms with E-state index < -0.39 is 0 Å². The van der Waals surface area contributed by atoms with Crippen LogP contribution in [0.4, 0.5) is 0 Å². The molecular weight excluding hydrogens is 627 g/mol. The zero-order valence-electron chi connectivity index (χ0n) is 22.7. The van der Waals surface area contributed by atoms with Crippen LogP contribution in [0.3, 0.4) is 0 Å². The molecule has 3 radical (unpaired) electrons. The van der Waals surface area contributed by atoms with E-state index in [0.29, 0.717) is 0 Å². The van der Waals surface area contributed by atoms with Crippen LogP contribution in [0.5, 0.6) is 0 Å². The van der Waals surface area contributed by atoms with E-state index in [4.69, 9.17) is 0 Å². The third-order valence-electron chi connectivity index (χ3n) is 5.67. The van der Waals surface area contributed by atoms with Gasteiger partial charge in [0.05, 0.1) is 0 Å². The Morgan fingerprint density at radius 3 is 1.55 bits per heavy atom. The Labute approximate surface area is 280 Å². The molecule has 171 valence electrons. The van der Waals surface area contributed by atoms with Gasteiger partial charge in [-0.15, -0.1) is 0 Å². The molecule has 0 amide bonds. The van der Waals surface area contributed by atoms with Crippen molar-refractivity contribution in [2.45, 2.75) is 75.2 Å². The largest absolute Gasteiger partial charge is 0.358 e. The minimum Gasteiger partial charge on any atom is -0.358 e. The van der Waals surface area contributed by atoms with Crippen LogP contribution < -0.4 is 0 Å². The molecule has 0 saturated carbocycles. The summed E-state index contributed by atoms with van der Waals surface area (Å²) in [5.74, 6) is 0. The van der Waals surface area contributed by atoms with Crippen LogP contribution in [0.2, 0.25) is 0 Å². The number of benzene rings is 3. The SMILES string of the molecule is CC.CC.CC.Cc1cc(C)c2c(c1)-c1cc3c(cc1C2)Cc1c(C)cccc1-3.[CH3-].[Y].[Y].[Y]. The van der Waals surface area contributed by atoms with E-state index in [9.17, 15) is 0 Å². The molecule has 2 aliphatic carbocycles. The summed E-state index contributed by atoms with van der Waals surface area (Å²) < 4.78 is 0. The van der Waals surface area contributed by atoms with Gasteiger partial charge in [-0.1, -0.05) is 83.5 Å². The molecule has 3 aromatic carbocycles. The maximum atomic E-state index is 2.47. The normalized spacial score (nSPS) is 9.97. The topological polar surface area (TPSA) is 0 Å². The Kier molecular flexibility index (Phi) is 21.3. The summed E-state index contributed by atoms with van der Waals surface area (Å²) in [6.07, 6.45) is 2.19. The summed E-state index contributed by atoms with van der Waals surface area (Å²) in [5.41, 5.74) is 16.1. The molecule has 0 aliphatic heterocycles. The van der Waals surface area contributed by atoms with Gasteiger partial charge in [-0.05, 0) is 95.3 Å². The van der Waals surface area contributed by atoms with Crippen molar-refractivity contribution < 1.29 is 98.1 Å². The van der Waals surface area contributed by atoms with Crippen molar-refractivity contribution >= 4 is 0 Å². The molecule has 0 fully saturated rings.